The van der Waals surface area contributed by atoms with Crippen LogP contribution in [0.2, 0.25) is 5.02 Å². The highest BCUT2D eigenvalue weighted by molar-refractivity contribution is 7.09. The zero-order chi connectivity index (χ0) is 23.3. The monoisotopic (exact) mass is 472 g/mol. The standard InChI is InChI=1S/C25H29ClN2O3S/c1-16(2)18(4)28(25(30)22-8-6-5-7-17(22)3)12-19-11-20(26)9-10-23(19)31-14-24-27-21(13-29)15-32-24/h5-11,15-16,18,29H,12-14H2,1-4H3/t18-/m1/s1. The number of benzene rings is 2. The van der Waals surface area contributed by atoms with Crippen molar-refractivity contribution in [2.45, 2.75) is 53.5 Å². The van der Waals surface area contributed by atoms with Crippen molar-refractivity contribution in [1.82, 2.24) is 9.88 Å². The van der Waals surface area contributed by atoms with Gasteiger partial charge in [0.15, 0.2) is 0 Å². The van der Waals surface area contributed by atoms with Crippen LogP contribution in [0.15, 0.2) is 47.8 Å². The molecular formula is C25H29ClN2O3S. The second kappa shape index (κ2) is 10.9. The molecule has 0 spiro atoms. The summed E-state index contributed by atoms with van der Waals surface area (Å²) >= 11 is 7.75. The number of thiazole rings is 1. The van der Waals surface area contributed by atoms with Crippen LogP contribution in [-0.2, 0) is 19.8 Å². The van der Waals surface area contributed by atoms with Crippen LogP contribution in [0.5, 0.6) is 5.75 Å². The molecule has 0 aliphatic carbocycles. The van der Waals surface area contributed by atoms with Crippen molar-refractivity contribution in [3.8, 4) is 5.75 Å². The number of hydrogen-bond donors (Lipinski definition) is 1. The number of rotatable bonds is 9. The summed E-state index contributed by atoms with van der Waals surface area (Å²) in [5.41, 5.74) is 3.12. The zero-order valence-electron chi connectivity index (χ0n) is 18.8. The van der Waals surface area contributed by atoms with E-state index in [1.807, 2.05) is 53.6 Å². The Kier molecular flexibility index (Phi) is 8.29. The van der Waals surface area contributed by atoms with E-state index in [1.54, 1.807) is 6.07 Å². The Balaban J connectivity index is 1.88. The first-order valence-electron chi connectivity index (χ1n) is 10.6. The number of aliphatic hydroxyl groups is 1. The number of aromatic nitrogens is 1. The average Bonchev–Trinajstić information content (AvgIpc) is 3.24. The minimum absolute atomic E-state index is 0.0114. The number of carbonyl (C=O) groups excluding carboxylic acids is 1. The summed E-state index contributed by atoms with van der Waals surface area (Å²) in [5, 5.41) is 12.4. The maximum absolute atomic E-state index is 13.5. The van der Waals surface area contributed by atoms with E-state index >= 15 is 0 Å². The largest absolute Gasteiger partial charge is 0.486 e. The molecule has 0 saturated carbocycles. The Morgan fingerprint density at radius 1 is 1.22 bits per heavy atom. The van der Waals surface area contributed by atoms with Gasteiger partial charge in [0.2, 0.25) is 0 Å². The topological polar surface area (TPSA) is 62.7 Å². The van der Waals surface area contributed by atoms with E-state index < -0.39 is 0 Å². The van der Waals surface area contributed by atoms with Crippen LogP contribution in [0.3, 0.4) is 0 Å². The summed E-state index contributed by atoms with van der Waals surface area (Å²) in [5.74, 6) is 0.926. The molecule has 1 aromatic heterocycles. The molecule has 5 nitrogen and oxygen atoms in total. The first-order valence-corrected chi connectivity index (χ1v) is 11.9. The molecule has 1 heterocycles. The number of hydrogen-bond acceptors (Lipinski definition) is 5. The average molecular weight is 473 g/mol. The molecule has 0 radical (unpaired) electrons. The van der Waals surface area contributed by atoms with Crippen molar-refractivity contribution in [1.29, 1.82) is 0 Å². The Labute approximate surface area is 198 Å². The molecule has 0 aliphatic rings. The summed E-state index contributed by atoms with van der Waals surface area (Å²) in [6, 6.07) is 13.1. The van der Waals surface area contributed by atoms with Crippen molar-refractivity contribution in [2.24, 2.45) is 5.92 Å². The molecule has 1 atom stereocenters. The van der Waals surface area contributed by atoms with Gasteiger partial charge in [0, 0.05) is 34.1 Å². The lowest BCUT2D eigenvalue weighted by molar-refractivity contribution is 0.0625. The molecule has 1 amide bonds. The molecule has 1 N–H and O–H groups in total. The molecule has 3 aromatic rings. The third kappa shape index (κ3) is 5.88. The van der Waals surface area contributed by atoms with Gasteiger partial charge < -0.3 is 14.7 Å². The third-order valence-electron chi connectivity index (χ3n) is 5.57. The van der Waals surface area contributed by atoms with Crippen LogP contribution in [0.25, 0.3) is 0 Å². The van der Waals surface area contributed by atoms with Crippen molar-refractivity contribution in [3.05, 3.63) is 80.3 Å². The summed E-state index contributed by atoms with van der Waals surface area (Å²) in [6.07, 6.45) is 0. The highest BCUT2D eigenvalue weighted by Gasteiger charge is 2.26. The normalized spacial score (nSPS) is 12.1. The van der Waals surface area contributed by atoms with E-state index in [4.69, 9.17) is 16.3 Å². The molecule has 32 heavy (non-hydrogen) atoms. The minimum Gasteiger partial charge on any atom is -0.486 e. The van der Waals surface area contributed by atoms with Gasteiger partial charge in [0.1, 0.15) is 17.4 Å². The fourth-order valence-corrected chi connectivity index (χ4v) is 4.24. The smallest absolute Gasteiger partial charge is 0.254 e. The lowest BCUT2D eigenvalue weighted by Gasteiger charge is -2.33. The van der Waals surface area contributed by atoms with Crippen LogP contribution < -0.4 is 4.74 Å². The third-order valence-corrected chi connectivity index (χ3v) is 6.67. The second-order valence-electron chi connectivity index (χ2n) is 8.16. The molecular weight excluding hydrogens is 444 g/mol. The fraction of sp³-hybridized carbons (Fsp3) is 0.360. The van der Waals surface area contributed by atoms with Gasteiger partial charge in [-0.3, -0.25) is 4.79 Å². The highest BCUT2D eigenvalue weighted by Crippen LogP contribution is 2.28. The zero-order valence-corrected chi connectivity index (χ0v) is 20.4. The first kappa shape index (κ1) is 24.2. The summed E-state index contributed by atoms with van der Waals surface area (Å²) in [6.45, 7) is 8.81. The van der Waals surface area contributed by atoms with Crippen LogP contribution in [0.1, 0.15) is 53.0 Å². The predicted molar refractivity (Wildman–Crippen MR) is 129 cm³/mol. The molecule has 2 aromatic carbocycles. The molecule has 7 heteroatoms. The predicted octanol–water partition coefficient (Wildman–Crippen LogP) is 5.86. The molecule has 0 bridgehead atoms. The summed E-state index contributed by atoms with van der Waals surface area (Å²) in [7, 11) is 0. The highest BCUT2D eigenvalue weighted by atomic mass is 35.5. The maximum Gasteiger partial charge on any atom is 0.254 e. The summed E-state index contributed by atoms with van der Waals surface area (Å²) in [4.78, 5) is 19.8. The van der Waals surface area contributed by atoms with E-state index in [-0.39, 0.29) is 31.1 Å². The van der Waals surface area contributed by atoms with Gasteiger partial charge in [0.05, 0.1) is 12.3 Å². The Hall–Kier alpha value is -2.41. The molecule has 3 rings (SSSR count). The fourth-order valence-electron chi connectivity index (χ4n) is 3.35. The lowest BCUT2D eigenvalue weighted by Crippen LogP contribution is -2.41. The maximum atomic E-state index is 13.5. The molecule has 0 aliphatic heterocycles. The van der Waals surface area contributed by atoms with E-state index in [9.17, 15) is 9.90 Å². The molecule has 170 valence electrons. The van der Waals surface area contributed by atoms with E-state index in [1.165, 1.54) is 11.3 Å². The molecule has 0 saturated heterocycles. The first-order chi connectivity index (χ1) is 15.3. The number of amides is 1. The number of halogens is 1. The van der Waals surface area contributed by atoms with E-state index in [0.29, 0.717) is 28.6 Å². The van der Waals surface area contributed by atoms with Gasteiger partial charge in [-0.05, 0) is 49.6 Å². The lowest BCUT2D eigenvalue weighted by atomic mass is 10.0. The van der Waals surface area contributed by atoms with Crippen LogP contribution in [0.4, 0.5) is 0 Å². The van der Waals surface area contributed by atoms with Gasteiger partial charge >= 0.3 is 0 Å². The minimum atomic E-state index is -0.0915. The van der Waals surface area contributed by atoms with Crippen LogP contribution in [-0.4, -0.2) is 26.9 Å². The van der Waals surface area contributed by atoms with Gasteiger partial charge in [-0.1, -0.05) is 43.6 Å². The van der Waals surface area contributed by atoms with Crippen molar-refractivity contribution >= 4 is 28.8 Å². The van der Waals surface area contributed by atoms with Gasteiger partial charge in [0.25, 0.3) is 5.91 Å². The number of aliphatic hydroxyl groups excluding tert-OH is 1. The van der Waals surface area contributed by atoms with Crippen LogP contribution in [0, 0.1) is 12.8 Å². The molecule has 0 fully saturated rings. The van der Waals surface area contributed by atoms with Crippen molar-refractivity contribution in [3.63, 3.8) is 0 Å². The Morgan fingerprint density at radius 3 is 2.62 bits per heavy atom. The second-order valence-corrected chi connectivity index (χ2v) is 9.54. The van der Waals surface area contributed by atoms with E-state index in [2.05, 4.69) is 25.8 Å². The number of carbonyl (C=O) groups is 1. The Bertz CT molecular complexity index is 1070. The van der Waals surface area contributed by atoms with Gasteiger partial charge in [-0.25, -0.2) is 4.98 Å². The number of nitrogens with zero attached hydrogens (tertiary/aromatic N) is 2. The SMILES string of the molecule is Cc1ccccc1C(=O)N(Cc1cc(Cl)ccc1OCc1nc(CO)cs1)[C@H](C)C(C)C. The quantitative estimate of drug-likeness (QED) is 0.423. The van der Waals surface area contributed by atoms with Crippen molar-refractivity contribution < 1.29 is 14.6 Å². The van der Waals surface area contributed by atoms with Gasteiger partial charge in [-0.15, -0.1) is 11.3 Å². The Morgan fingerprint density at radius 2 is 1.97 bits per heavy atom. The van der Waals surface area contributed by atoms with Crippen LogP contribution >= 0.6 is 22.9 Å². The van der Waals surface area contributed by atoms with Gasteiger partial charge in [-0.2, -0.15) is 0 Å². The molecule has 0 unspecified atom stereocenters. The van der Waals surface area contributed by atoms with E-state index in [0.717, 1.165) is 16.1 Å². The number of ether oxygens (including phenoxy) is 1. The number of aryl methyl sites for hydroxylation is 1. The van der Waals surface area contributed by atoms with Crippen molar-refractivity contribution in [2.75, 3.05) is 0 Å². The summed E-state index contributed by atoms with van der Waals surface area (Å²) < 4.78 is 6.06.